The fraction of sp³-hybridized carbons (Fsp3) is 0.714. The van der Waals surface area contributed by atoms with Crippen molar-refractivity contribution in [3.05, 3.63) is 11.8 Å². The molecule has 0 fully saturated rings. The monoisotopic (exact) mass is 156 g/mol. The molecule has 11 heavy (non-hydrogen) atoms. The molecule has 4 nitrogen and oxygen atoms in total. The minimum atomic E-state index is -0.109. The summed E-state index contributed by atoms with van der Waals surface area (Å²) < 4.78 is 10.2. The van der Waals surface area contributed by atoms with Crippen LogP contribution in [0.2, 0.25) is 0 Å². The van der Waals surface area contributed by atoms with Crippen molar-refractivity contribution in [3.8, 4) is 0 Å². The molecule has 0 radical (unpaired) electrons. The molecule has 1 atom stereocenters. The zero-order chi connectivity index (χ0) is 8.27. The summed E-state index contributed by atoms with van der Waals surface area (Å²) in [6.45, 7) is 3.84. The number of methoxy groups -OCH3 is 1. The molecule has 0 aliphatic rings. The van der Waals surface area contributed by atoms with E-state index in [0.717, 1.165) is 6.42 Å². The Morgan fingerprint density at radius 1 is 1.55 bits per heavy atom. The fourth-order valence-electron chi connectivity index (χ4n) is 0.675. The molecule has 0 unspecified atom stereocenters. The average Bonchev–Trinajstić information content (AvgIpc) is 2.50. The molecule has 4 heteroatoms. The van der Waals surface area contributed by atoms with Crippen molar-refractivity contribution in [1.82, 2.24) is 10.2 Å². The number of hydrogen-bond acceptors (Lipinski definition) is 4. The highest BCUT2D eigenvalue weighted by molar-refractivity contribution is 4.84. The lowest BCUT2D eigenvalue weighted by Gasteiger charge is -2.00. The first-order chi connectivity index (χ1) is 5.27. The summed E-state index contributed by atoms with van der Waals surface area (Å²) in [4.78, 5) is 0. The van der Waals surface area contributed by atoms with Crippen LogP contribution in [0.3, 0.4) is 0 Å². The van der Waals surface area contributed by atoms with Gasteiger partial charge >= 0.3 is 0 Å². The molecular formula is C7H12N2O2. The van der Waals surface area contributed by atoms with Crippen molar-refractivity contribution in [1.29, 1.82) is 0 Å². The first kappa shape index (κ1) is 8.20. The predicted octanol–water partition coefficient (Wildman–Crippen LogP) is 1.34. The summed E-state index contributed by atoms with van der Waals surface area (Å²) in [7, 11) is 1.61. The van der Waals surface area contributed by atoms with Gasteiger partial charge in [-0.25, -0.2) is 0 Å². The zero-order valence-corrected chi connectivity index (χ0v) is 7.00. The second-order valence-corrected chi connectivity index (χ2v) is 2.27. The van der Waals surface area contributed by atoms with Gasteiger partial charge in [-0.1, -0.05) is 6.92 Å². The van der Waals surface area contributed by atoms with Gasteiger partial charge in [-0.15, -0.1) is 10.2 Å². The van der Waals surface area contributed by atoms with Gasteiger partial charge in [0.15, 0.2) is 0 Å². The molecule has 0 aliphatic heterocycles. The number of rotatable bonds is 3. The Kier molecular flexibility index (Phi) is 2.59. The molecule has 0 amide bonds. The maximum atomic E-state index is 5.24. The van der Waals surface area contributed by atoms with Crippen LogP contribution in [0.1, 0.15) is 31.7 Å². The quantitative estimate of drug-likeness (QED) is 0.662. The van der Waals surface area contributed by atoms with E-state index in [1.165, 1.54) is 0 Å². The van der Waals surface area contributed by atoms with E-state index in [4.69, 9.17) is 9.15 Å². The van der Waals surface area contributed by atoms with Crippen LogP contribution in [0.5, 0.6) is 0 Å². The van der Waals surface area contributed by atoms with Crippen molar-refractivity contribution in [2.45, 2.75) is 26.4 Å². The summed E-state index contributed by atoms with van der Waals surface area (Å²) in [5, 5.41) is 7.62. The lowest BCUT2D eigenvalue weighted by molar-refractivity contribution is 0.0936. The lowest BCUT2D eigenvalue weighted by Crippen LogP contribution is -1.95. The summed E-state index contributed by atoms with van der Waals surface area (Å²) in [6, 6.07) is 0. The number of hydrogen-bond donors (Lipinski definition) is 0. The number of aromatic nitrogens is 2. The van der Waals surface area contributed by atoms with Crippen molar-refractivity contribution in [2.24, 2.45) is 0 Å². The third kappa shape index (κ3) is 1.77. The van der Waals surface area contributed by atoms with Gasteiger partial charge in [0.25, 0.3) is 0 Å². The molecule has 0 aromatic carbocycles. The van der Waals surface area contributed by atoms with Crippen LogP contribution >= 0.6 is 0 Å². The number of aryl methyl sites for hydroxylation is 1. The molecule has 0 aliphatic carbocycles. The van der Waals surface area contributed by atoms with Crippen LogP contribution in [0.25, 0.3) is 0 Å². The third-order valence-electron chi connectivity index (χ3n) is 1.49. The Balaban J connectivity index is 2.71. The fourth-order valence-corrected chi connectivity index (χ4v) is 0.675. The Morgan fingerprint density at radius 3 is 2.73 bits per heavy atom. The van der Waals surface area contributed by atoms with Crippen LogP contribution in [-0.2, 0) is 11.2 Å². The zero-order valence-electron chi connectivity index (χ0n) is 7.00. The minimum absolute atomic E-state index is 0.109. The van der Waals surface area contributed by atoms with Crippen molar-refractivity contribution in [2.75, 3.05) is 7.11 Å². The van der Waals surface area contributed by atoms with Crippen LogP contribution < -0.4 is 0 Å². The molecule has 62 valence electrons. The second-order valence-electron chi connectivity index (χ2n) is 2.27. The molecule has 0 saturated heterocycles. The van der Waals surface area contributed by atoms with Crippen molar-refractivity contribution in [3.63, 3.8) is 0 Å². The van der Waals surface area contributed by atoms with E-state index in [9.17, 15) is 0 Å². The van der Waals surface area contributed by atoms with Crippen molar-refractivity contribution >= 4 is 0 Å². The summed E-state index contributed by atoms with van der Waals surface area (Å²) in [5.41, 5.74) is 0. The van der Waals surface area contributed by atoms with Gasteiger partial charge in [-0.3, -0.25) is 0 Å². The molecule has 0 N–H and O–H groups in total. The number of nitrogens with zero attached hydrogens (tertiary/aromatic N) is 2. The van der Waals surface area contributed by atoms with Gasteiger partial charge in [0.2, 0.25) is 11.8 Å². The first-order valence-corrected chi connectivity index (χ1v) is 3.63. The maximum absolute atomic E-state index is 5.24. The number of ether oxygens (including phenoxy) is 1. The molecule has 1 aromatic heterocycles. The molecule has 0 spiro atoms. The summed E-state index contributed by atoms with van der Waals surface area (Å²) in [6.07, 6.45) is 0.659. The highest BCUT2D eigenvalue weighted by Gasteiger charge is 2.11. The van der Waals surface area contributed by atoms with E-state index >= 15 is 0 Å². The second kappa shape index (κ2) is 3.48. The van der Waals surface area contributed by atoms with Gasteiger partial charge in [0, 0.05) is 13.5 Å². The van der Waals surface area contributed by atoms with Gasteiger partial charge in [0.1, 0.15) is 6.10 Å². The van der Waals surface area contributed by atoms with E-state index in [1.807, 2.05) is 13.8 Å². The summed E-state index contributed by atoms with van der Waals surface area (Å²) in [5.74, 6) is 1.20. The Morgan fingerprint density at radius 2 is 2.27 bits per heavy atom. The SMILES string of the molecule is CCc1nnc([C@H](C)OC)o1. The van der Waals surface area contributed by atoms with Gasteiger partial charge in [-0.2, -0.15) is 0 Å². The topological polar surface area (TPSA) is 48.2 Å². The highest BCUT2D eigenvalue weighted by Crippen LogP contribution is 2.13. The average molecular weight is 156 g/mol. The molecule has 1 aromatic rings. The normalized spacial score (nSPS) is 13.4. The van der Waals surface area contributed by atoms with Crippen LogP contribution in [0, 0.1) is 0 Å². The van der Waals surface area contributed by atoms with Crippen molar-refractivity contribution < 1.29 is 9.15 Å². The largest absolute Gasteiger partial charge is 0.422 e. The lowest BCUT2D eigenvalue weighted by atomic mass is 10.4. The molecule has 1 rings (SSSR count). The van der Waals surface area contributed by atoms with Crippen LogP contribution in [0.15, 0.2) is 4.42 Å². The Labute approximate surface area is 65.6 Å². The van der Waals surface area contributed by atoms with Gasteiger partial charge in [0.05, 0.1) is 0 Å². The van der Waals surface area contributed by atoms with E-state index in [0.29, 0.717) is 11.8 Å². The van der Waals surface area contributed by atoms with Crippen LogP contribution in [0.4, 0.5) is 0 Å². The van der Waals surface area contributed by atoms with E-state index in [1.54, 1.807) is 7.11 Å². The predicted molar refractivity (Wildman–Crippen MR) is 39.1 cm³/mol. The smallest absolute Gasteiger partial charge is 0.244 e. The standard InChI is InChI=1S/C7H12N2O2/c1-4-6-8-9-7(11-6)5(2)10-3/h5H,4H2,1-3H3/t5-/m0/s1. The molecule has 0 bridgehead atoms. The van der Waals surface area contributed by atoms with Gasteiger partial charge < -0.3 is 9.15 Å². The third-order valence-corrected chi connectivity index (χ3v) is 1.49. The highest BCUT2D eigenvalue weighted by atomic mass is 16.5. The van der Waals surface area contributed by atoms with E-state index < -0.39 is 0 Å². The van der Waals surface area contributed by atoms with E-state index in [-0.39, 0.29) is 6.10 Å². The molecule has 0 saturated carbocycles. The first-order valence-electron chi connectivity index (χ1n) is 3.63. The Bertz CT molecular complexity index is 222. The molecular weight excluding hydrogens is 144 g/mol. The maximum Gasteiger partial charge on any atom is 0.244 e. The van der Waals surface area contributed by atoms with E-state index in [2.05, 4.69) is 10.2 Å². The minimum Gasteiger partial charge on any atom is -0.422 e. The van der Waals surface area contributed by atoms with Gasteiger partial charge in [-0.05, 0) is 6.92 Å². The summed E-state index contributed by atoms with van der Waals surface area (Å²) >= 11 is 0. The molecule has 1 heterocycles. The Hall–Kier alpha value is -0.900. The van der Waals surface area contributed by atoms with Crippen LogP contribution in [-0.4, -0.2) is 17.3 Å².